The minimum absolute atomic E-state index is 0.252. The summed E-state index contributed by atoms with van der Waals surface area (Å²) in [5, 5.41) is 8.25. The SMILES string of the molecule is O=C(NCc1ccncc1)c1cc([C@H]2CCCN(Cc3ccc4ncccc4c3)C2)no1. The van der Waals surface area contributed by atoms with Crippen LogP contribution in [0.5, 0.6) is 0 Å². The molecule has 1 aromatic carbocycles. The number of carbonyl (C=O) groups is 1. The number of carbonyl (C=O) groups excluding carboxylic acids is 1. The number of hydrogen-bond donors (Lipinski definition) is 1. The fraction of sp³-hybridized carbons (Fsp3) is 0.280. The number of rotatable bonds is 6. The van der Waals surface area contributed by atoms with Gasteiger partial charge >= 0.3 is 0 Å². The summed E-state index contributed by atoms with van der Waals surface area (Å²) in [6.07, 6.45) is 7.37. The van der Waals surface area contributed by atoms with E-state index in [0.29, 0.717) is 6.54 Å². The lowest BCUT2D eigenvalue weighted by Crippen LogP contribution is -2.34. The zero-order chi connectivity index (χ0) is 21.8. The Hall–Kier alpha value is -3.58. The molecule has 1 atom stereocenters. The van der Waals surface area contributed by atoms with Gasteiger partial charge in [0.15, 0.2) is 0 Å². The monoisotopic (exact) mass is 427 g/mol. The summed E-state index contributed by atoms with van der Waals surface area (Å²) in [6.45, 7) is 3.27. The Labute approximate surface area is 186 Å². The Morgan fingerprint density at radius 3 is 2.91 bits per heavy atom. The number of amides is 1. The molecule has 0 saturated carbocycles. The Morgan fingerprint density at radius 2 is 2.00 bits per heavy atom. The molecule has 5 rings (SSSR count). The Kier molecular flexibility index (Phi) is 5.89. The average Bonchev–Trinajstić information content (AvgIpc) is 3.34. The molecule has 162 valence electrons. The van der Waals surface area contributed by atoms with E-state index in [1.165, 1.54) is 5.56 Å². The van der Waals surface area contributed by atoms with E-state index in [1.54, 1.807) is 18.5 Å². The van der Waals surface area contributed by atoms with Gasteiger partial charge in [-0.15, -0.1) is 0 Å². The number of nitrogens with zero attached hydrogens (tertiary/aromatic N) is 4. The van der Waals surface area contributed by atoms with Crippen LogP contribution < -0.4 is 5.32 Å². The summed E-state index contributed by atoms with van der Waals surface area (Å²) >= 11 is 0. The number of fused-ring (bicyclic) bond motifs is 1. The highest BCUT2D eigenvalue weighted by Crippen LogP contribution is 2.28. The van der Waals surface area contributed by atoms with Gasteiger partial charge in [0.2, 0.25) is 5.76 Å². The highest BCUT2D eigenvalue weighted by Gasteiger charge is 2.25. The van der Waals surface area contributed by atoms with Gasteiger partial charge in [-0.3, -0.25) is 19.7 Å². The molecule has 32 heavy (non-hydrogen) atoms. The van der Waals surface area contributed by atoms with Crippen LogP contribution in [0.15, 0.2) is 71.6 Å². The lowest BCUT2D eigenvalue weighted by Gasteiger charge is -2.31. The van der Waals surface area contributed by atoms with Crippen molar-refractivity contribution in [1.82, 2.24) is 25.3 Å². The third kappa shape index (κ3) is 4.68. The van der Waals surface area contributed by atoms with E-state index in [9.17, 15) is 4.79 Å². The number of nitrogens with one attached hydrogen (secondary N) is 1. The Balaban J connectivity index is 1.20. The number of benzene rings is 1. The number of aromatic nitrogens is 3. The largest absolute Gasteiger partial charge is 0.351 e. The van der Waals surface area contributed by atoms with Gasteiger partial charge in [0.25, 0.3) is 5.91 Å². The van der Waals surface area contributed by atoms with Crippen molar-refractivity contribution >= 4 is 16.8 Å². The maximum atomic E-state index is 12.5. The van der Waals surface area contributed by atoms with Gasteiger partial charge < -0.3 is 9.84 Å². The Morgan fingerprint density at radius 1 is 1.09 bits per heavy atom. The number of piperidine rings is 1. The Bertz CT molecular complexity index is 1210. The summed E-state index contributed by atoms with van der Waals surface area (Å²) in [5.41, 5.74) is 4.14. The van der Waals surface area contributed by atoms with Crippen LogP contribution in [0.3, 0.4) is 0 Å². The third-order valence-corrected chi connectivity index (χ3v) is 5.95. The van der Waals surface area contributed by atoms with E-state index in [-0.39, 0.29) is 17.6 Å². The van der Waals surface area contributed by atoms with Gasteiger partial charge in [-0.2, -0.15) is 0 Å². The van der Waals surface area contributed by atoms with Crippen LogP contribution in [0.1, 0.15) is 46.1 Å². The van der Waals surface area contributed by atoms with Gasteiger partial charge in [-0.1, -0.05) is 17.3 Å². The maximum absolute atomic E-state index is 12.5. The van der Waals surface area contributed by atoms with Gasteiger partial charge in [-0.25, -0.2) is 0 Å². The smallest absolute Gasteiger partial charge is 0.290 e. The zero-order valence-electron chi connectivity index (χ0n) is 17.8. The minimum atomic E-state index is -0.252. The van der Waals surface area contributed by atoms with E-state index in [1.807, 2.05) is 24.4 Å². The van der Waals surface area contributed by atoms with E-state index in [2.05, 4.69) is 49.6 Å². The molecule has 1 fully saturated rings. The van der Waals surface area contributed by atoms with Crippen LogP contribution in [0.2, 0.25) is 0 Å². The highest BCUT2D eigenvalue weighted by molar-refractivity contribution is 5.91. The van der Waals surface area contributed by atoms with Gasteiger partial charge in [0.1, 0.15) is 0 Å². The standard InChI is InChI=1S/C25H25N5O2/c31-25(28-15-18-7-10-26-11-8-18)24-14-23(29-32-24)21-4-2-12-30(17-21)16-19-5-6-22-20(13-19)3-1-9-27-22/h1,3,5-11,13-14,21H,2,4,12,15-17H2,(H,28,31)/t21-/m0/s1. The summed E-state index contributed by atoms with van der Waals surface area (Å²) in [5.74, 6) is 0.266. The molecule has 0 spiro atoms. The first kappa shape index (κ1) is 20.3. The van der Waals surface area contributed by atoms with Crippen LogP contribution in [0.4, 0.5) is 0 Å². The predicted molar refractivity (Wildman–Crippen MR) is 121 cm³/mol. The summed E-state index contributed by atoms with van der Waals surface area (Å²) in [7, 11) is 0. The molecule has 1 N–H and O–H groups in total. The fourth-order valence-corrected chi connectivity index (χ4v) is 4.28. The maximum Gasteiger partial charge on any atom is 0.290 e. The molecule has 4 aromatic rings. The lowest BCUT2D eigenvalue weighted by atomic mass is 9.94. The van der Waals surface area contributed by atoms with Crippen LogP contribution in [0, 0.1) is 0 Å². The van der Waals surface area contributed by atoms with Gasteiger partial charge in [0.05, 0.1) is 11.2 Å². The average molecular weight is 428 g/mol. The van der Waals surface area contributed by atoms with Crippen LogP contribution >= 0.6 is 0 Å². The van der Waals surface area contributed by atoms with E-state index >= 15 is 0 Å². The second-order valence-electron chi connectivity index (χ2n) is 8.26. The van der Waals surface area contributed by atoms with Crippen LogP contribution in [-0.2, 0) is 13.1 Å². The molecular formula is C25H25N5O2. The molecule has 4 heterocycles. The fourth-order valence-electron chi connectivity index (χ4n) is 4.28. The predicted octanol–water partition coefficient (Wildman–Crippen LogP) is 3.93. The molecular weight excluding hydrogens is 402 g/mol. The normalized spacial score (nSPS) is 16.8. The van der Waals surface area contributed by atoms with Crippen LogP contribution in [-0.4, -0.2) is 39.0 Å². The molecule has 1 amide bonds. The third-order valence-electron chi connectivity index (χ3n) is 5.95. The number of hydrogen-bond acceptors (Lipinski definition) is 6. The molecule has 1 aliphatic heterocycles. The van der Waals surface area contributed by atoms with Crippen molar-refractivity contribution in [3.05, 3.63) is 89.7 Å². The van der Waals surface area contributed by atoms with Crippen molar-refractivity contribution in [3.8, 4) is 0 Å². The molecule has 7 nitrogen and oxygen atoms in total. The first-order valence-corrected chi connectivity index (χ1v) is 10.9. The first-order chi connectivity index (χ1) is 15.7. The molecule has 0 bridgehead atoms. The quantitative estimate of drug-likeness (QED) is 0.502. The molecule has 0 radical (unpaired) electrons. The van der Waals surface area contributed by atoms with Crippen molar-refractivity contribution in [2.24, 2.45) is 0 Å². The molecule has 0 aliphatic carbocycles. The van der Waals surface area contributed by atoms with Gasteiger partial charge in [0, 0.05) is 55.6 Å². The van der Waals surface area contributed by atoms with E-state index < -0.39 is 0 Å². The second kappa shape index (κ2) is 9.28. The molecule has 0 unspecified atom stereocenters. The van der Waals surface area contributed by atoms with E-state index in [4.69, 9.17) is 4.52 Å². The summed E-state index contributed by atoms with van der Waals surface area (Å²) < 4.78 is 5.37. The van der Waals surface area contributed by atoms with Gasteiger partial charge in [-0.05, 0) is 60.8 Å². The molecule has 1 saturated heterocycles. The summed E-state index contributed by atoms with van der Waals surface area (Å²) in [4.78, 5) is 23.3. The minimum Gasteiger partial charge on any atom is -0.351 e. The van der Waals surface area contributed by atoms with Crippen molar-refractivity contribution in [1.29, 1.82) is 0 Å². The zero-order valence-corrected chi connectivity index (χ0v) is 17.8. The van der Waals surface area contributed by atoms with Crippen molar-refractivity contribution in [2.45, 2.75) is 31.8 Å². The topological polar surface area (TPSA) is 84.2 Å². The molecule has 3 aromatic heterocycles. The van der Waals surface area contributed by atoms with Crippen molar-refractivity contribution in [3.63, 3.8) is 0 Å². The van der Waals surface area contributed by atoms with Crippen molar-refractivity contribution in [2.75, 3.05) is 13.1 Å². The molecule has 1 aliphatic rings. The first-order valence-electron chi connectivity index (χ1n) is 10.9. The lowest BCUT2D eigenvalue weighted by molar-refractivity contribution is 0.0913. The van der Waals surface area contributed by atoms with E-state index in [0.717, 1.165) is 54.6 Å². The van der Waals surface area contributed by atoms with Crippen molar-refractivity contribution < 1.29 is 9.32 Å². The number of likely N-dealkylation sites (tertiary alicyclic amines) is 1. The molecule has 7 heteroatoms. The van der Waals surface area contributed by atoms with Crippen LogP contribution in [0.25, 0.3) is 10.9 Å². The second-order valence-corrected chi connectivity index (χ2v) is 8.26. The highest BCUT2D eigenvalue weighted by atomic mass is 16.5. The summed E-state index contributed by atoms with van der Waals surface area (Å²) in [6, 6.07) is 16.1. The number of pyridine rings is 2.